The van der Waals surface area contributed by atoms with E-state index in [-0.39, 0.29) is 6.54 Å². The molecule has 0 heterocycles. The highest BCUT2D eigenvalue weighted by Gasteiger charge is 2.26. The first kappa shape index (κ1) is 18.6. The maximum Gasteiger partial charge on any atom is 0.264 e. The quantitative estimate of drug-likeness (QED) is 0.552. The van der Waals surface area contributed by atoms with Crippen molar-refractivity contribution in [2.75, 3.05) is 17.1 Å². The SMILES string of the molecule is C=CCN(c1c(C)cc(C)cc1C)S(=O)(=O)c1ccc(SC)cc1. The van der Waals surface area contributed by atoms with Gasteiger partial charge in [-0.2, -0.15) is 0 Å². The molecule has 2 rings (SSSR count). The van der Waals surface area contributed by atoms with Crippen LogP contribution in [0.5, 0.6) is 0 Å². The summed E-state index contributed by atoms with van der Waals surface area (Å²) in [7, 11) is -3.65. The van der Waals surface area contributed by atoms with Gasteiger partial charge in [-0.15, -0.1) is 18.3 Å². The zero-order valence-corrected chi connectivity index (χ0v) is 16.2. The van der Waals surface area contributed by atoms with Gasteiger partial charge in [0, 0.05) is 4.90 Å². The Morgan fingerprint density at radius 2 is 1.62 bits per heavy atom. The van der Waals surface area contributed by atoms with Crippen molar-refractivity contribution in [2.24, 2.45) is 0 Å². The average Bonchev–Trinajstić information content (AvgIpc) is 2.53. The second-order valence-corrected chi connectivity index (χ2v) is 8.49. The Morgan fingerprint density at radius 3 is 2.08 bits per heavy atom. The van der Waals surface area contributed by atoms with E-state index in [0.717, 1.165) is 27.3 Å². The minimum atomic E-state index is -3.65. The Bertz CT molecular complexity index is 817. The molecule has 0 aromatic heterocycles. The predicted molar refractivity (Wildman–Crippen MR) is 104 cm³/mol. The third-order valence-electron chi connectivity index (χ3n) is 3.83. The highest BCUT2D eigenvalue weighted by atomic mass is 32.2. The van der Waals surface area contributed by atoms with Gasteiger partial charge in [0.25, 0.3) is 10.0 Å². The molecule has 128 valence electrons. The van der Waals surface area contributed by atoms with Gasteiger partial charge in [0.1, 0.15) is 0 Å². The summed E-state index contributed by atoms with van der Waals surface area (Å²) in [6, 6.07) is 11.0. The van der Waals surface area contributed by atoms with Crippen LogP contribution in [0.1, 0.15) is 16.7 Å². The number of thioether (sulfide) groups is 1. The molecule has 0 saturated carbocycles. The van der Waals surface area contributed by atoms with Crippen molar-refractivity contribution in [1.82, 2.24) is 0 Å². The van der Waals surface area contributed by atoms with E-state index in [2.05, 4.69) is 6.58 Å². The number of sulfonamides is 1. The van der Waals surface area contributed by atoms with E-state index < -0.39 is 10.0 Å². The molecule has 3 nitrogen and oxygen atoms in total. The first-order chi connectivity index (χ1) is 11.3. The number of rotatable bonds is 6. The lowest BCUT2D eigenvalue weighted by molar-refractivity contribution is 0.592. The smallest absolute Gasteiger partial charge is 0.262 e. The van der Waals surface area contributed by atoms with Crippen molar-refractivity contribution >= 4 is 27.5 Å². The lowest BCUT2D eigenvalue weighted by Crippen LogP contribution is -2.32. The van der Waals surface area contributed by atoms with Gasteiger partial charge in [-0.25, -0.2) is 8.42 Å². The van der Waals surface area contributed by atoms with Crippen LogP contribution in [0.2, 0.25) is 0 Å². The highest BCUT2D eigenvalue weighted by Crippen LogP contribution is 2.31. The van der Waals surface area contributed by atoms with Gasteiger partial charge >= 0.3 is 0 Å². The summed E-state index contributed by atoms with van der Waals surface area (Å²) in [6.45, 7) is 9.86. The monoisotopic (exact) mass is 361 g/mol. The van der Waals surface area contributed by atoms with E-state index >= 15 is 0 Å². The predicted octanol–water partition coefficient (Wildman–Crippen LogP) is 4.72. The molecule has 0 saturated heterocycles. The normalized spacial score (nSPS) is 11.3. The van der Waals surface area contributed by atoms with Crippen molar-refractivity contribution in [3.8, 4) is 0 Å². The van der Waals surface area contributed by atoms with Crippen LogP contribution in [0.15, 0.2) is 58.8 Å². The second-order valence-electron chi connectivity index (χ2n) is 5.75. The van der Waals surface area contributed by atoms with Crippen LogP contribution >= 0.6 is 11.8 Å². The van der Waals surface area contributed by atoms with E-state index in [4.69, 9.17) is 0 Å². The summed E-state index contributed by atoms with van der Waals surface area (Å²) >= 11 is 1.59. The lowest BCUT2D eigenvalue weighted by Gasteiger charge is -2.27. The van der Waals surface area contributed by atoms with Gasteiger partial charge in [-0.05, 0) is 62.4 Å². The van der Waals surface area contributed by atoms with E-state index in [1.807, 2.05) is 51.3 Å². The van der Waals surface area contributed by atoms with Crippen LogP contribution in [0.3, 0.4) is 0 Å². The molecule has 0 bridgehead atoms. The number of nitrogens with zero attached hydrogens (tertiary/aromatic N) is 1. The number of hydrogen-bond acceptors (Lipinski definition) is 3. The first-order valence-corrected chi connectivity index (χ1v) is 10.3. The number of anilines is 1. The van der Waals surface area contributed by atoms with Crippen molar-refractivity contribution in [1.29, 1.82) is 0 Å². The lowest BCUT2D eigenvalue weighted by atomic mass is 10.1. The molecule has 0 N–H and O–H groups in total. The number of benzene rings is 2. The minimum Gasteiger partial charge on any atom is -0.262 e. The number of aryl methyl sites for hydroxylation is 3. The summed E-state index contributed by atoms with van der Waals surface area (Å²) in [5, 5.41) is 0. The molecule has 0 atom stereocenters. The van der Waals surface area contributed by atoms with Crippen LogP contribution < -0.4 is 4.31 Å². The van der Waals surface area contributed by atoms with Crippen molar-refractivity contribution in [2.45, 2.75) is 30.6 Å². The van der Waals surface area contributed by atoms with Crippen LogP contribution in [0.4, 0.5) is 5.69 Å². The fourth-order valence-electron chi connectivity index (χ4n) is 2.87. The fraction of sp³-hybridized carbons (Fsp3) is 0.263. The molecule has 0 amide bonds. The molecule has 5 heteroatoms. The largest absolute Gasteiger partial charge is 0.264 e. The summed E-state index contributed by atoms with van der Waals surface area (Å²) in [5.74, 6) is 0. The molecule has 0 aliphatic carbocycles. The Balaban J connectivity index is 2.59. The van der Waals surface area contributed by atoms with Crippen molar-refractivity contribution < 1.29 is 8.42 Å². The van der Waals surface area contributed by atoms with Crippen LogP contribution in [0, 0.1) is 20.8 Å². The maximum atomic E-state index is 13.2. The van der Waals surface area contributed by atoms with Gasteiger partial charge in [-0.1, -0.05) is 23.8 Å². The molecular weight excluding hydrogens is 338 g/mol. The van der Waals surface area contributed by atoms with Crippen molar-refractivity contribution in [3.05, 3.63) is 65.7 Å². The van der Waals surface area contributed by atoms with E-state index in [9.17, 15) is 8.42 Å². The van der Waals surface area contributed by atoms with Crippen LogP contribution in [0.25, 0.3) is 0 Å². The fourth-order valence-corrected chi connectivity index (χ4v) is 4.84. The van der Waals surface area contributed by atoms with Gasteiger partial charge in [0.15, 0.2) is 0 Å². The van der Waals surface area contributed by atoms with Gasteiger partial charge in [0.05, 0.1) is 17.1 Å². The van der Waals surface area contributed by atoms with Crippen LogP contribution in [-0.2, 0) is 10.0 Å². The second kappa shape index (κ2) is 7.45. The molecule has 2 aromatic rings. The topological polar surface area (TPSA) is 37.4 Å². The highest BCUT2D eigenvalue weighted by molar-refractivity contribution is 7.98. The van der Waals surface area contributed by atoms with E-state index in [1.165, 1.54) is 4.31 Å². The zero-order valence-electron chi connectivity index (χ0n) is 14.5. The summed E-state index contributed by atoms with van der Waals surface area (Å²) in [5.41, 5.74) is 3.74. The first-order valence-electron chi connectivity index (χ1n) is 7.66. The Labute approximate surface area is 149 Å². The zero-order chi connectivity index (χ0) is 17.9. The molecule has 0 aliphatic rings. The molecule has 0 fully saturated rings. The van der Waals surface area contributed by atoms with Gasteiger partial charge < -0.3 is 0 Å². The molecule has 0 spiro atoms. The van der Waals surface area contributed by atoms with Gasteiger partial charge in [-0.3, -0.25) is 4.31 Å². The molecule has 0 unspecified atom stereocenters. The summed E-state index contributed by atoms with van der Waals surface area (Å²) in [6.07, 6.45) is 3.58. The third-order valence-corrected chi connectivity index (χ3v) is 6.35. The Morgan fingerprint density at radius 1 is 1.08 bits per heavy atom. The van der Waals surface area contributed by atoms with Crippen LogP contribution in [-0.4, -0.2) is 21.2 Å². The van der Waals surface area contributed by atoms with E-state index in [0.29, 0.717) is 4.90 Å². The maximum absolute atomic E-state index is 13.2. The number of hydrogen-bond donors (Lipinski definition) is 0. The molecule has 24 heavy (non-hydrogen) atoms. The molecular formula is C19H23NO2S2. The average molecular weight is 362 g/mol. The molecule has 0 radical (unpaired) electrons. The molecule has 0 aliphatic heterocycles. The summed E-state index contributed by atoms with van der Waals surface area (Å²) in [4.78, 5) is 1.33. The summed E-state index contributed by atoms with van der Waals surface area (Å²) < 4.78 is 27.8. The van der Waals surface area contributed by atoms with Gasteiger partial charge in [0.2, 0.25) is 0 Å². The van der Waals surface area contributed by atoms with Crippen molar-refractivity contribution in [3.63, 3.8) is 0 Å². The standard InChI is InChI=1S/C19H23NO2S2/c1-6-11-20(19-15(3)12-14(2)13-16(19)4)24(21,22)18-9-7-17(23-5)8-10-18/h6-10,12-13H,1,11H2,2-5H3. The molecule has 2 aromatic carbocycles. The van der Waals surface area contributed by atoms with E-state index in [1.54, 1.807) is 30.0 Å². The minimum absolute atomic E-state index is 0.233. The third kappa shape index (κ3) is 3.68. The Hall–Kier alpha value is -1.72. The Kier molecular flexibility index (Phi) is 5.78.